The molecule has 1 aromatic heterocycles. The summed E-state index contributed by atoms with van der Waals surface area (Å²) >= 11 is 6.40. The minimum atomic E-state index is -0.103. The Bertz CT molecular complexity index is 816. The van der Waals surface area contributed by atoms with E-state index in [9.17, 15) is 4.79 Å². The SMILES string of the molecule is Cl.Cl.O=C(c1ccnc(N2CCCCC2)n1)N1CCNCC1c1ccccc1Cl. The second-order valence-corrected chi connectivity index (χ2v) is 7.44. The molecular weight excluding hydrogens is 433 g/mol. The van der Waals surface area contributed by atoms with Gasteiger partial charge in [-0.25, -0.2) is 9.97 Å². The first-order valence-corrected chi connectivity index (χ1v) is 9.96. The van der Waals surface area contributed by atoms with Crippen molar-refractivity contribution in [2.24, 2.45) is 0 Å². The molecule has 6 nitrogen and oxygen atoms in total. The number of aromatic nitrogens is 2. The van der Waals surface area contributed by atoms with Gasteiger partial charge in [-0.15, -0.1) is 24.8 Å². The molecule has 9 heteroatoms. The molecule has 4 rings (SSSR count). The third-order valence-electron chi connectivity index (χ3n) is 5.27. The summed E-state index contributed by atoms with van der Waals surface area (Å²) < 4.78 is 0. The van der Waals surface area contributed by atoms with Gasteiger partial charge < -0.3 is 15.1 Å². The Labute approximate surface area is 188 Å². The predicted octanol–water partition coefficient (Wildman–Crippen LogP) is 3.75. The Morgan fingerprint density at radius 3 is 2.59 bits per heavy atom. The number of carbonyl (C=O) groups excluding carboxylic acids is 1. The van der Waals surface area contributed by atoms with E-state index in [-0.39, 0.29) is 36.8 Å². The molecule has 3 heterocycles. The fourth-order valence-electron chi connectivity index (χ4n) is 3.83. The van der Waals surface area contributed by atoms with Gasteiger partial charge in [0.05, 0.1) is 6.04 Å². The minimum Gasteiger partial charge on any atom is -0.341 e. The average molecular weight is 459 g/mol. The van der Waals surface area contributed by atoms with Crippen LogP contribution in [0, 0.1) is 0 Å². The van der Waals surface area contributed by atoms with E-state index < -0.39 is 0 Å². The summed E-state index contributed by atoms with van der Waals surface area (Å²) in [4.78, 5) is 26.3. The summed E-state index contributed by atoms with van der Waals surface area (Å²) in [7, 11) is 0. The molecule has 2 aliphatic heterocycles. The number of nitrogens with one attached hydrogen (secondary N) is 1. The van der Waals surface area contributed by atoms with Crippen molar-refractivity contribution in [3.05, 3.63) is 52.8 Å². The molecule has 2 aliphatic rings. The molecule has 2 aromatic rings. The molecule has 0 aliphatic carbocycles. The smallest absolute Gasteiger partial charge is 0.273 e. The largest absolute Gasteiger partial charge is 0.341 e. The van der Waals surface area contributed by atoms with E-state index in [0.29, 0.717) is 29.8 Å². The van der Waals surface area contributed by atoms with Crippen LogP contribution < -0.4 is 10.2 Å². The zero-order valence-electron chi connectivity index (χ0n) is 16.1. The second kappa shape index (κ2) is 11.0. The Hall–Kier alpha value is -1.60. The maximum Gasteiger partial charge on any atom is 0.273 e. The number of hydrogen-bond donors (Lipinski definition) is 1. The zero-order valence-corrected chi connectivity index (χ0v) is 18.5. The molecule has 1 unspecified atom stereocenters. The molecule has 0 radical (unpaired) electrons. The molecule has 158 valence electrons. The molecule has 2 fully saturated rings. The Balaban J connectivity index is 0.00000150. The Morgan fingerprint density at radius 2 is 1.83 bits per heavy atom. The quantitative estimate of drug-likeness (QED) is 0.759. The molecule has 2 saturated heterocycles. The topological polar surface area (TPSA) is 61.4 Å². The van der Waals surface area contributed by atoms with Crippen LogP contribution in [0.5, 0.6) is 0 Å². The van der Waals surface area contributed by atoms with Crippen LogP contribution in [0.1, 0.15) is 41.4 Å². The average Bonchev–Trinajstić information content (AvgIpc) is 2.74. The van der Waals surface area contributed by atoms with Crippen molar-refractivity contribution >= 4 is 48.3 Å². The number of halogens is 3. The van der Waals surface area contributed by atoms with Crippen LogP contribution in [0.4, 0.5) is 5.95 Å². The van der Waals surface area contributed by atoms with Crippen LogP contribution in [-0.4, -0.2) is 53.5 Å². The van der Waals surface area contributed by atoms with E-state index in [2.05, 4.69) is 20.2 Å². The van der Waals surface area contributed by atoms with Gasteiger partial charge in [-0.05, 0) is 37.0 Å². The number of amides is 1. The number of piperidine rings is 1. The first kappa shape index (κ1) is 23.7. The van der Waals surface area contributed by atoms with E-state index in [1.165, 1.54) is 6.42 Å². The van der Waals surface area contributed by atoms with Crippen molar-refractivity contribution in [2.75, 3.05) is 37.6 Å². The van der Waals surface area contributed by atoms with Crippen LogP contribution in [0.25, 0.3) is 0 Å². The normalized spacial score (nSPS) is 19.1. The van der Waals surface area contributed by atoms with Crippen molar-refractivity contribution in [3.8, 4) is 0 Å². The number of benzene rings is 1. The number of rotatable bonds is 3. The Morgan fingerprint density at radius 1 is 1.07 bits per heavy atom. The number of piperazine rings is 1. The first-order chi connectivity index (χ1) is 13.2. The third-order valence-corrected chi connectivity index (χ3v) is 5.61. The van der Waals surface area contributed by atoms with Gasteiger partial charge in [-0.2, -0.15) is 0 Å². The lowest BCUT2D eigenvalue weighted by atomic mass is 10.0. The van der Waals surface area contributed by atoms with E-state index in [1.807, 2.05) is 29.2 Å². The summed E-state index contributed by atoms with van der Waals surface area (Å²) in [5.74, 6) is 0.590. The van der Waals surface area contributed by atoms with Crippen molar-refractivity contribution in [1.29, 1.82) is 0 Å². The number of carbonyl (C=O) groups is 1. The summed E-state index contributed by atoms with van der Waals surface area (Å²) in [5, 5.41) is 4.05. The first-order valence-electron chi connectivity index (χ1n) is 9.58. The predicted molar refractivity (Wildman–Crippen MR) is 121 cm³/mol. The second-order valence-electron chi connectivity index (χ2n) is 7.03. The monoisotopic (exact) mass is 457 g/mol. The van der Waals surface area contributed by atoms with Crippen LogP contribution in [0.15, 0.2) is 36.5 Å². The molecule has 29 heavy (non-hydrogen) atoms. The van der Waals surface area contributed by atoms with E-state index >= 15 is 0 Å². The molecule has 1 N–H and O–H groups in total. The van der Waals surface area contributed by atoms with Gasteiger partial charge in [0.25, 0.3) is 5.91 Å². The lowest BCUT2D eigenvalue weighted by molar-refractivity contribution is 0.0628. The summed E-state index contributed by atoms with van der Waals surface area (Å²) in [5.41, 5.74) is 1.41. The highest BCUT2D eigenvalue weighted by atomic mass is 35.5. The standard InChI is InChI=1S/C20H24ClN5O.2ClH/c21-16-7-3-2-6-15(16)18-14-22-10-13-26(18)19(27)17-8-9-23-20(24-17)25-11-4-1-5-12-25;;/h2-3,6-9,18,22H,1,4-5,10-14H2;2*1H. The molecule has 1 atom stereocenters. The molecule has 1 aromatic carbocycles. The molecule has 0 saturated carbocycles. The summed E-state index contributed by atoms with van der Waals surface area (Å²) in [6.45, 7) is 3.97. The zero-order chi connectivity index (χ0) is 18.6. The highest BCUT2D eigenvalue weighted by Gasteiger charge is 2.31. The van der Waals surface area contributed by atoms with Gasteiger partial charge in [0.1, 0.15) is 5.69 Å². The van der Waals surface area contributed by atoms with Crippen molar-refractivity contribution < 1.29 is 4.79 Å². The van der Waals surface area contributed by atoms with Crippen molar-refractivity contribution in [2.45, 2.75) is 25.3 Å². The summed E-state index contributed by atoms with van der Waals surface area (Å²) in [6.07, 6.45) is 5.23. The van der Waals surface area contributed by atoms with Gasteiger partial charge in [-0.3, -0.25) is 4.79 Å². The van der Waals surface area contributed by atoms with Gasteiger partial charge in [0, 0.05) is 43.9 Å². The lowest BCUT2D eigenvalue weighted by Crippen LogP contribution is -2.49. The number of nitrogens with zero attached hydrogens (tertiary/aromatic N) is 4. The van der Waals surface area contributed by atoms with E-state index in [1.54, 1.807) is 12.3 Å². The molecular formula is C20H26Cl3N5O. The highest BCUT2D eigenvalue weighted by Crippen LogP contribution is 2.29. The van der Waals surface area contributed by atoms with E-state index in [4.69, 9.17) is 11.6 Å². The van der Waals surface area contributed by atoms with Crippen LogP contribution in [0.2, 0.25) is 5.02 Å². The van der Waals surface area contributed by atoms with Crippen molar-refractivity contribution in [1.82, 2.24) is 20.2 Å². The molecule has 0 spiro atoms. The van der Waals surface area contributed by atoms with Crippen molar-refractivity contribution in [3.63, 3.8) is 0 Å². The third kappa shape index (κ3) is 5.31. The van der Waals surface area contributed by atoms with Gasteiger partial charge in [-0.1, -0.05) is 29.8 Å². The molecule has 0 bridgehead atoms. The van der Waals surface area contributed by atoms with Crippen LogP contribution >= 0.6 is 36.4 Å². The fourth-order valence-corrected chi connectivity index (χ4v) is 4.09. The lowest BCUT2D eigenvalue weighted by Gasteiger charge is -2.37. The highest BCUT2D eigenvalue weighted by molar-refractivity contribution is 6.31. The van der Waals surface area contributed by atoms with Gasteiger partial charge in [0.2, 0.25) is 5.95 Å². The number of hydrogen-bond acceptors (Lipinski definition) is 5. The van der Waals surface area contributed by atoms with Crippen LogP contribution in [-0.2, 0) is 0 Å². The maximum absolute atomic E-state index is 13.3. The Kier molecular flexibility index (Phi) is 8.96. The summed E-state index contributed by atoms with van der Waals surface area (Å²) in [6, 6.07) is 9.32. The van der Waals surface area contributed by atoms with E-state index in [0.717, 1.165) is 38.0 Å². The number of anilines is 1. The van der Waals surface area contributed by atoms with Gasteiger partial charge in [0.15, 0.2) is 0 Å². The maximum atomic E-state index is 13.3. The fraction of sp³-hybridized carbons (Fsp3) is 0.450. The van der Waals surface area contributed by atoms with Gasteiger partial charge >= 0.3 is 0 Å². The van der Waals surface area contributed by atoms with Crippen LogP contribution in [0.3, 0.4) is 0 Å². The molecule has 1 amide bonds. The minimum absolute atomic E-state index is 0.